The van der Waals surface area contributed by atoms with Crippen LogP contribution in [0.1, 0.15) is 5.56 Å². The van der Waals surface area contributed by atoms with Crippen molar-refractivity contribution in [3.63, 3.8) is 0 Å². The fourth-order valence-electron chi connectivity index (χ4n) is 2.53. The molecule has 0 aliphatic rings. The predicted molar refractivity (Wildman–Crippen MR) is 105 cm³/mol. The van der Waals surface area contributed by atoms with E-state index in [1.54, 1.807) is 35.7 Å². The van der Waals surface area contributed by atoms with Crippen LogP contribution in [0, 0.1) is 0 Å². The second kappa shape index (κ2) is 8.35. The molecule has 2 aromatic carbocycles. The molecule has 0 unspecified atom stereocenters. The quantitative estimate of drug-likeness (QED) is 0.641. The summed E-state index contributed by atoms with van der Waals surface area (Å²) in [6.45, 7) is 0.733. The number of hydrogen-bond acceptors (Lipinski definition) is 5. The summed E-state index contributed by atoms with van der Waals surface area (Å²) >= 11 is 1.18. The largest absolute Gasteiger partial charge is 0.487 e. The van der Waals surface area contributed by atoms with Gasteiger partial charge in [-0.3, -0.25) is 4.31 Å². The average molecular weight is 389 g/mol. The van der Waals surface area contributed by atoms with Crippen LogP contribution in [-0.2, 0) is 16.6 Å². The standard InChI is InChI=1S/C19H20N2O3S2/c20-12-13-21(26(22,23)19-11-6-14-25-19)17-9-4-5-10-18(17)24-15-16-7-2-1-3-8-16/h1-11,14H,12-13,15,20H2. The van der Waals surface area contributed by atoms with Crippen molar-refractivity contribution >= 4 is 27.0 Å². The van der Waals surface area contributed by atoms with Gasteiger partial charge >= 0.3 is 0 Å². The van der Waals surface area contributed by atoms with Crippen LogP contribution in [0.2, 0.25) is 0 Å². The van der Waals surface area contributed by atoms with Crippen LogP contribution in [-0.4, -0.2) is 21.5 Å². The zero-order valence-corrected chi connectivity index (χ0v) is 15.7. The van der Waals surface area contributed by atoms with E-state index in [-0.39, 0.29) is 17.3 Å². The van der Waals surface area contributed by atoms with E-state index in [9.17, 15) is 8.42 Å². The van der Waals surface area contributed by atoms with Crippen LogP contribution in [0.4, 0.5) is 5.69 Å². The van der Waals surface area contributed by atoms with Crippen molar-refractivity contribution in [2.45, 2.75) is 10.8 Å². The van der Waals surface area contributed by atoms with Gasteiger partial charge in [0.25, 0.3) is 10.0 Å². The third kappa shape index (κ3) is 4.07. The van der Waals surface area contributed by atoms with Crippen molar-refractivity contribution in [2.24, 2.45) is 5.73 Å². The molecule has 0 radical (unpaired) electrons. The van der Waals surface area contributed by atoms with Crippen molar-refractivity contribution in [3.8, 4) is 5.75 Å². The first kappa shape index (κ1) is 18.4. The molecule has 2 N–H and O–H groups in total. The van der Waals surface area contributed by atoms with E-state index in [0.29, 0.717) is 18.0 Å². The molecule has 5 nitrogen and oxygen atoms in total. The Labute approximate surface area is 157 Å². The SMILES string of the molecule is NCCN(c1ccccc1OCc1ccccc1)S(=O)(=O)c1cccs1. The third-order valence-corrected chi connectivity index (χ3v) is 6.93. The predicted octanol–water partition coefficient (Wildman–Crippen LogP) is 3.48. The van der Waals surface area contributed by atoms with Crippen LogP contribution in [0.5, 0.6) is 5.75 Å². The van der Waals surface area contributed by atoms with Gasteiger partial charge in [-0.25, -0.2) is 8.42 Å². The molecule has 3 rings (SSSR count). The number of nitrogens with zero attached hydrogens (tertiary/aromatic N) is 1. The Bertz CT molecular complexity index is 926. The lowest BCUT2D eigenvalue weighted by Gasteiger charge is -2.25. The smallest absolute Gasteiger partial charge is 0.273 e. The molecule has 0 saturated carbocycles. The lowest BCUT2D eigenvalue weighted by atomic mass is 10.2. The number of benzene rings is 2. The first-order valence-corrected chi connectivity index (χ1v) is 10.5. The fourth-order valence-corrected chi connectivity index (χ4v) is 5.12. The average Bonchev–Trinajstić information content (AvgIpc) is 3.21. The minimum absolute atomic E-state index is 0.173. The molecule has 0 aliphatic heterocycles. The summed E-state index contributed by atoms with van der Waals surface area (Å²) in [4.78, 5) is 0. The second-order valence-corrected chi connectivity index (χ2v) is 8.58. The van der Waals surface area contributed by atoms with Crippen LogP contribution < -0.4 is 14.8 Å². The van der Waals surface area contributed by atoms with E-state index >= 15 is 0 Å². The van der Waals surface area contributed by atoms with Gasteiger partial charge in [-0.05, 0) is 29.1 Å². The fraction of sp³-hybridized carbons (Fsp3) is 0.158. The Hall–Kier alpha value is -2.35. The minimum Gasteiger partial charge on any atom is -0.487 e. The summed E-state index contributed by atoms with van der Waals surface area (Å²) in [5.41, 5.74) is 7.18. The molecular formula is C19H20N2O3S2. The number of anilines is 1. The lowest BCUT2D eigenvalue weighted by molar-refractivity contribution is 0.307. The van der Waals surface area contributed by atoms with Gasteiger partial charge < -0.3 is 10.5 Å². The van der Waals surface area contributed by atoms with E-state index in [1.165, 1.54) is 15.6 Å². The van der Waals surface area contributed by atoms with Gasteiger partial charge in [0.15, 0.2) is 0 Å². The molecule has 0 saturated heterocycles. The lowest BCUT2D eigenvalue weighted by Crippen LogP contribution is -2.35. The van der Waals surface area contributed by atoms with Crippen molar-refractivity contribution in [2.75, 3.05) is 17.4 Å². The summed E-state index contributed by atoms with van der Waals surface area (Å²) in [6, 6.07) is 20.2. The molecule has 0 aliphatic carbocycles. The van der Waals surface area contributed by atoms with Crippen molar-refractivity contribution in [1.29, 1.82) is 0 Å². The summed E-state index contributed by atoms with van der Waals surface area (Å²) in [6.07, 6.45) is 0. The maximum atomic E-state index is 13.0. The van der Waals surface area contributed by atoms with E-state index in [0.717, 1.165) is 5.56 Å². The van der Waals surface area contributed by atoms with Crippen LogP contribution in [0.25, 0.3) is 0 Å². The number of sulfonamides is 1. The highest BCUT2D eigenvalue weighted by Gasteiger charge is 2.27. The number of thiophene rings is 1. The minimum atomic E-state index is -3.69. The molecule has 0 fully saturated rings. The molecular weight excluding hydrogens is 368 g/mol. The highest BCUT2D eigenvalue weighted by Crippen LogP contribution is 2.33. The maximum Gasteiger partial charge on any atom is 0.273 e. The van der Waals surface area contributed by atoms with E-state index < -0.39 is 10.0 Å². The van der Waals surface area contributed by atoms with Gasteiger partial charge in [-0.15, -0.1) is 11.3 Å². The van der Waals surface area contributed by atoms with Gasteiger partial charge in [0.2, 0.25) is 0 Å². The highest BCUT2D eigenvalue weighted by molar-refractivity contribution is 7.94. The van der Waals surface area contributed by atoms with Crippen LogP contribution in [0.15, 0.2) is 76.3 Å². The van der Waals surface area contributed by atoms with Gasteiger partial charge in [-0.1, -0.05) is 48.5 Å². The molecule has 1 aromatic heterocycles. The van der Waals surface area contributed by atoms with E-state index in [1.807, 2.05) is 36.4 Å². The molecule has 0 bridgehead atoms. The number of para-hydroxylation sites is 2. The Morgan fingerprint density at radius 3 is 2.38 bits per heavy atom. The topological polar surface area (TPSA) is 72.6 Å². The first-order chi connectivity index (χ1) is 12.6. The van der Waals surface area contributed by atoms with E-state index in [2.05, 4.69) is 0 Å². The molecule has 0 spiro atoms. The van der Waals surface area contributed by atoms with Crippen LogP contribution >= 0.6 is 11.3 Å². The Morgan fingerprint density at radius 1 is 0.962 bits per heavy atom. The Kier molecular flexibility index (Phi) is 5.92. The summed E-state index contributed by atoms with van der Waals surface area (Å²) in [7, 11) is -3.69. The zero-order chi connectivity index (χ0) is 18.4. The number of rotatable bonds is 8. The summed E-state index contributed by atoms with van der Waals surface area (Å²) in [5.74, 6) is 0.505. The molecule has 0 atom stereocenters. The number of hydrogen-bond donors (Lipinski definition) is 1. The molecule has 136 valence electrons. The molecule has 0 amide bonds. The maximum absolute atomic E-state index is 13.0. The van der Waals surface area contributed by atoms with Crippen molar-refractivity contribution < 1.29 is 13.2 Å². The first-order valence-electron chi connectivity index (χ1n) is 8.15. The number of ether oxygens (including phenoxy) is 1. The highest BCUT2D eigenvalue weighted by atomic mass is 32.2. The Balaban J connectivity index is 1.93. The Morgan fingerprint density at radius 2 is 1.69 bits per heavy atom. The van der Waals surface area contributed by atoms with Crippen LogP contribution in [0.3, 0.4) is 0 Å². The van der Waals surface area contributed by atoms with Crippen molar-refractivity contribution in [1.82, 2.24) is 0 Å². The number of nitrogens with two attached hydrogens (primary N) is 1. The summed E-state index contributed by atoms with van der Waals surface area (Å²) in [5, 5.41) is 1.74. The monoisotopic (exact) mass is 388 g/mol. The molecule has 26 heavy (non-hydrogen) atoms. The van der Waals surface area contributed by atoms with E-state index in [4.69, 9.17) is 10.5 Å². The molecule has 7 heteroatoms. The zero-order valence-electron chi connectivity index (χ0n) is 14.1. The molecule has 1 heterocycles. The van der Waals surface area contributed by atoms with Gasteiger partial charge in [0, 0.05) is 13.1 Å². The van der Waals surface area contributed by atoms with Gasteiger partial charge in [0.1, 0.15) is 16.6 Å². The van der Waals surface area contributed by atoms with Crippen molar-refractivity contribution in [3.05, 3.63) is 77.7 Å². The summed E-state index contributed by atoms with van der Waals surface area (Å²) < 4.78 is 33.6. The van der Waals surface area contributed by atoms with Gasteiger partial charge in [0.05, 0.1) is 5.69 Å². The van der Waals surface area contributed by atoms with Gasteiger partial charge in [-0.2, -0.15) is 0 Å². The normalized spacial score (nSPS) is 11.3. The second-order valence-electron chi connectivity index (χ2n) is 5.54. The third-order valence-electron chi connectivity index (χ3n) is 3.74. The molecule has 3 aromatic rings.